The molecule has 1 aliphatic rings. The molecule has 1 aromatic carbocycles. The Morgan fingerprint density at radius 1 is 1.35 bits per heavy atom. The molecular formula is C14H16ClNO4. The first-order valence-electron chi connectivity index (χ1n) is 6.36. The zero-order valence-corrected chi connectivity index (χ0v) is 11.8. The van der Waals surface area contributed by atoms with Crippen LogP contribution in [0.1, 0.15) is 12.5 Å². The SMILES string of the molecule is C[C@@H]1CN(C(=O)Cc2ccc(Cl)cc2)CC(C(=O)O)O1. The third kappa shape index (κ3) is 3.71. The fraction of sp³-hybridized carbons (Fsp3) is 0.429. The Morgan fingerprint density at radius 3 is 2.60 bits per heavy atom. The van der Waals surface area contributed by atoms with Crippen LogP contribution in [0.15, 0.2) is 24.3 Å². The number of ether oxygens (including phenoxy) is 1. The van der Waals surface area contributed by atoms with Crippen LogP contribution in [0, 0.1) is 0 Å². The van der Waals surface area contributed by atoms with E-state index in [0.29, 0.717) is 11.6 Å². The van der Waals surface area contributed by atoms with Crippen LogP contribution in [-0.2, 0) is 20.7 Å². The molecule has 0 saturated carbocycles. The van der Waals surface area contributed by atoms with Gasteiger partial charge in [-0.1, -0.05) is 23.7 Å². The summed E-state index contributed by atoms with van der Waals surface area (Å²) in [6, 6.07) is 7.04. The van der Waals surface area contributed by atoms with Crippen molar-refractivity contribution in [2.75, 3.05) is 13.1 Å². The molecule has 0 radical (unpaired) electrons. The van der Waals surface area contributed by atoms with Gasteiger partial charge in [0.25, 0.3) is 0 Å². The Bertz CT molecular complexity index is 502. The topological polar surface area (TPSA) is 66.8 Å². The number of hydrogen-bond acceptors (Lipinski definition) is 3. The van der Waals surface area contributed by atoms with Crippen LogP contribution in [0.25, 0.3) is 0 Å². The molecule has 1 heterocycles. The van der Waals surface area contributed by atoms with Gasteiger partial charge in [-0.2, -0.15) is 0 Å². The average molecular weight is 298 g/mol. The molecule has 1 unspecified atom stereocenters. The van der Waals surface area contributed by atoms with E-state index in [4.69, 9.17) is 21.4 Å². The summed E-state index contributed by atoms with van der Waals surface area (Å²) in [4.78, 5) is 24.7. The van der Waals surface area contributed by atoms with E-state index in [1.165, 1.54) is 0 Å². The normalized spacial score (nSPS) is 22.6. The first kappa shape index (κ1) is 14.8. The van der Waals surface area contributed by atoms with Crippen molar-refractivity contribution < 1.29 is 19.4 Å². The highest BCUT2D eigenvalue weighted by molar-refractivity contribution is 6.30. The Balaban J connectivity index is 2.01. The number of carbonyl (C=O) groups excluding carboxylic acids is 1. The molecule has 20 heavy (non-hydrogen) atoms. The summed E-state index contributed by atoms with van der Waals surface area (Å²) in [7, 11) is 0. The van der Waals surface area contributed by atoms with Gasteiger partial charge >= 0.3 is 5.97 Å². The van der Waals surface area contributed by atoms with Gasteiger partial charge in [-0.15, -0.1) is 0 Å². The zero-order valence-electron chi connectivity index (χ0n) is 11.1. The summed E-state index contributed by atoms with van der Waals surface area (Å²) in [6.45, 7) is 2.26. The number of rotatable bonds is 3. The van der Waals surface area contributed by atoms with Crippen LogP contribution in [-0.4, -0.2) is 47.2 Å². The lowest BCUT2D eigenvalue weighted by Crippen LogP contribution is -2.52. The number of carboxylic acid groups (broad SMARTS) is 1. The number of hydrogen-bond donors (Lipinski definition) is 1. The van der Waals surface area contributed by atoms with Crippen molar-refractivity contribution in [3.05, 3.63) is 34.9 Å². The first-order valence-corrected chi connectivity index (χ1v) is 6.74. The van der Waals surface area contributed by atoms with Crippen LogP contribution < -0.4 is 0 Å². The molecule has 0 spiro atoms. The van der Waals surface area contributed by atoms with Gasteiger partial charge in [0.2, 0.25) is 5.91 Å². The van der Waals surface area contributed by atoms with Crippen LogP contribution in [0.5, 0.6) is 0 Å². The molecule has 0 aromatic heterocycles. The van der Waals surface area contributed by atoms with Crippen LogP contribution in [0.2, 0.25) is 5.02 Å². The van der Waals surface area contributed by atoms with Crippen molar-refractivity contribution in [1.29, 1.82) is 0 Å². The van der Waals surface area contributed by atoms with Crippen molar-refractivity contribution in [3.8, 4) is 0 Å². The van der Waals surface area contributed by atoms with Gasteiger partial charge in [0.15, 0.2) is 6.10 Å². The fourth-order valence-corrected chi connectivity index (χ4v) is 2.31. The van der Waals surface area contributed by atoms with E-state index in [9.17, 15) is 9.59 Å². The monoisotopic (exact) mass is 297 g/mol. The minimum Gasteiger partial charge on any atom is -0.479 e. The molecule has 5 nitrogen and oxygen atoms in total. The van der Waals surface area contributed by atoms with Gasteiger partial charge in [0.1, 0.15) is 0 Å². The van der Waals surface area contributed by atoms with Crippen LogP contribution in [0.4, 0.5) is 0 Å². The quantitative estimate of drug-likeness (QED) is 0.920. The molecule has 1 N–H and O–H groups in total. The highest BCUT2D eigenvalue weighted by Gasteiger charge is 2.32. The van der Waals surface area contributed by atoms with Crippen molar-refractivity contribution in [1.82, 2.24) is 4.90 Å². The molecule has 2 rings (SSSR count). The average Bonchev–Trinajstić information content (AvgIpc) is 2.40. The van der Waals surface area contributed by atoms with Gasteiger partial charge in [-0.05, 0) is 24.6 Å². The summed E-state index contributed by atoms with van der Waals surface area (Å²) < 4.78 is 5.28. The molecule has 1 fully saturated rings. The standard InChI is InChI=1S/C14H16ClNO4/c1-9-7-16(8-12(20-9)14(18)19)13(17)6-10-2-4-11(15)5-3-10/h2-5,9,12H,6-8H2,1H3,(H,18,19)/t9-,12?/m1/s1. The van der Waals surface area contributed by atoms with E-state index in [1.54, 1.807) is 36.1 Å². The minimum absolute atomic E-state index is 0.0894. The van der Waals surface area contributed by atoms with Gasteiger partial charge in [0.05, 0.1) is 19.1 Å². The number of morpholine rings is 1. The van der Waals surface area contributed by atoms with E-state index in [1.807, 2.05) is 0 Å². The lowest BCUT2D eigenvalue weighted by molar-refractivity contribution is -0.166. The van der Waals surface area contributed by atoms with Gasteiger partial charge < -0.3 is 14.7 Å². The Labute approximate surface area is 122 Å². The van der Waals surface area contributed by atoms with Crippen molar-refractivity contribution in [3.63, 3.8) is 0 Å². The predicted molar refractivity (Wildman–Crippen MR) is 73.7 cm³/mol. The number of halogens is 1. The predicted octanol–water partition coefficient (Wildman–Crippen LogP) is 1.58. The largest absolute Gasteiger partial charge is 0.479 e. The lowest BCUT2D eigenvalue weighted by atomic mass is 10.1. The van der Waals surface area contributed by atoms with Gasteiger partial charge in [-0.3, -0.25) is 4.79 Å². The lowest BCUT2D eigenvalue weighted by Gasteiger charge is -2.35. The molecule has 1 aliphatic heterocycles. The maximum absolute atomic E-state index is 12.2. The van der Waals surface area contributed by atoms with Crippen LogP contribution in [0.3, 0.4) is 0 Å². The van der Waals surface area contributed by atoms with E-state index >= 15 is 0 Å². The molecule has 108 valence electrons. The second-order valence-corrected chi connectivity index (χ2v) is 5.31. The molecule has 1 saturated heterocycles. The molecule has 1 amide bonds. The second-order valence-electron chi connectivity index (χ2n) is 4.88. The van der Waals surface area contributed by atoms with Crippen LogP contribution >= 0.6 is 11.6 Å². The third-order valence-corrected chi connectivity index (χ3v) is 3.41. The van der Waals surface area contributed by atoms with Gasteiger partial charge in [0, 0.05) is 11.6 Å². The molecule has 1 aromatic rings. The minimum atomic E-state index is -1.04. The highest BCUT2D eigenvalue weighted by Crippen LogP contribution is 2.15. The summed E-state index contributed by atoms with van der Waals surface area (Å²) in [6.07, 6.45) is -0.997. The first-order chi connectivity index (χ1) is 9.45. The van der Waals surface area contributed by atoms with Crippen molar-refractivity contribution in [2.24, 2.45) is 0 Å². The van der Waals surface area contributed by atoms with Crippen molar-refractivity contribution in [2.45, 2.75) is 25.6 Å². The summed E-state index contributed by atoms with van der Waals surface area (Å²) in [5.41, 5.74) is 0.852. The third-order valence-electron chi connectivity index (χ3n) is 3.16. The number of benzene rings is 1. The molecule has 0 aliphatic carbocycles. The van der Waals surface area contributed by atoms with E-state index in [2.05, 4.69) is 0 Å². The van der Waals surface area contributed by atoms with E-state index in [0.717, 1.165) is 5.56 Å². The number of carboxylic acids is 1. The number of nitrogens with zero attached hydrogens (tertiary/aromatic N) is 1. The summed E-state index contributed by atoms with van der Waals surface area (Å²) in [5.74, 6) is -1.14. The van der Waals surface area contributed by atoms with E-state index in [-0.39, 0.29) is 25.0 Å². The number of amides is 1. The maximum atomic E-state index is 12.2. The second kappa shape index (κ2) is 6.24. The number of carbonyl (C=O) groups is 2. The summed E-state index contributed by atoms with van der Waals surface area (Å²) >= 11 is 5.79. The highest BCUT2D eigenvalue weighted by atomic mass is 35.5. The molecule has 2 atom stereocenters. The number of aliphatic carboxylic acids is 1. The Morgan fingerprint density at radius 2 is 2.00 bits per heavy atom. The zero-order chi connectivity index (χ0) is 14.7. The van der Waals surface area contributed by atoms with Crippen molar-refractivity contribution >= 4 is 23.5 Å². The smallest absolute Gasteiger partial charge is 0.334 e. The molecule has 6 heteroatoms. The fourth-order valence-electron chi connectivity index (χ4n) is 2.18. The molecular weight excluding hydrogens is 282 g/mol. The van der Waals surface area contributed by atoms with E-state index < -0.39 is 12.1 Å². The maximum Gasteiger partial charge on any atom is 0.334 e. The summed E-state index contributed by atoms with van der Waals surface area (Å²) in [5, 5.41) is 9.62. The van der Waals surface area contributed by atoms with Gasteiger partial charge in [-0.25, -0.2) is 4.79 Å². The Hall–Kier alpha value is -1.59. The molecule has 0 bridgehead atoms. The Kier molecular flexibility index (Phi) is 4.62.